The van der Waals surface area contributed by atoms with E-state index in [-0.39, 0.29) is 35.4 Å². The maximum atomic E-state index is 11.9. The molecule has 124 valence electrons. The van der Waals surface area contributed by atoms with Crippen LogP contribution in [0.5, 0.6) is 0 Å². The lowest BCUT2D eigenvalue weighted by Crippen LogP contribution is -2.49. The zero-order valence-corrected chi connectivity index (χ0v) is 14.2. The third kappa shape index (κ3) is 5.79. The second-order valence-electron chi connectivity index (χ2n) is 5.06. The molecule has 0 aromatic heterocycles. The van der Waals surface area contributed by atoms with Gasteiger partial charge < -0.3 is 11.1 Å². The average molecular weight is 350 g/mol. The van der Waals surface area contributed by atoms with Crippen LogP contribution < -0.4 is 11.1 Å². The molecule has 0 radical (unpaired) electrons. The minimum atomic E-state index is -0.527. The van der Waals surface area contributed by atoms with E-state index < -0.39 is 10.5 Å². The Bertz CT molecular complexity index is 534. The molecule has 22 heavy (non-hydrogen) atoms. The SMILES string of the molecule is CCC(N)(CC)CNC(=O)Cc1ccc([N+](=O)[O-])cc1Cl.Cl. The van der Waals surface area contributed by atoms with Crippen molar-refractivity contribution < 1.29 is 9.72 Å². The molecule has 0 bridgehead atoms. The fourth-order valence-electron chi connectivity index (χ4n) is 1.80. The van der Waals surface area contributed by atoms with Gasteiger partial charge in [0, 0.05) is 24.2 Å². The Morgan fingerprint density at radius 1 is 1.41 bits per heavy atom. The molecule has 1 aromatic rings. The predicted octanol–water partition coefficient (Wildman–Crippen LogP) is 2.85. The topological polar surface area (TPSA) is 98.3 Å². The molecular formula is C14H21Cl2N3O3. The molecule has 1 aromatic carbocycles. The van der Waals surface area contributed by atoms with E-state index in [9.17, 15) is 14.9 Å². The summed E-state index contributed by atoms with van der Waals surface area (Å²) in [6.07, 6.45) is 1.60. The Morgan fingerprint density at radius 3 is 2.45 bits per heavy atom. The Kier molecular flexibility index (Phi) is 8.37. The minimum Gasteiger partial charge on any atom is -0.354 e. The first kappa shape index (κ1) is 20.6. The standard InChI is InChI=1S/C14H20ClN3O3.ClH/c1-3-14(16,4-2)9-17-13(19)7-10-5-6-11(18(20)21)8-12(10)15;/h5-6,8H,3-4,7,9,16H2,1-2H3,(H,17,19);1H. The molecule has 1 rings (SSSR count). The number of nitro groups is 1. The van der Waals surface area contributed by atoms with Gasteiger partial charge in [-0.25, -0.2) is 0 Å². The lowest BCUT2D eigenvalue weighted by Gasteiger charge is -2.26. The molecule has 0 unspecified atom stereocenters. The third-order valence-corrected chi connectivity index (χ3v) is 4.00. The number of hydrogen-bond acceptors (Lipinski definition) is 4. The first-order chi connectivity index (χ1) is 9.81. The number of nitrogens with two attached hydrogens (primary N) is 1. The highest BCUT2D eigenvalue weighted by Gasteiger charge is 2.21. The number of rotatable bonds is 7. The number of carbonyl (C=O) groups is 1. The summed E-state index contributed by atoms with van der Waals surface area (Å²) in [6.45, 7) is 4.34. The summed E-state index contributed by atoms with van der Waals surface area (Å²) >= 11 is 5.95. The van der Waals surface area contributed by atoms with E-state index >= 15 is 0 Å². The van der Waals surface area contributed by atoms with Crippen LogP contribution in [0.25, 0.3) is 0 Å². The van der Waals surface area contributed by atoms with E-state index in [4.69, 9.17) is 17.3 Å². The van der Waals surface area contributed by atoms with Crippen LogP contribution in [0.15, 0.2) is 18.2 Å². The summed E-state index contributed by atoms with van der Waals surface area (Å²) in [4.78, 5) is 22.0. The monoisotopic (exact) mass is 349 g/mol. The molecule has 0 saturated heterocycles. The molecule has 8 heteroatoms. The molecule has 0 atom stereocenters. The summed E-state index contributed by atoms with van der Waals surface area (Å²) in [6, 6.07) is 4.07. The highest BCUT2D eigenvalue weighted by atomic mass is 35.5. The average Bonchev–Trinajstić information content (AvgIpc) is 2.46. The van der Waals surface area contributed by atoms with E-state index in [0.29, 0.717) is 12.1 Å². The summed E-state index contributed by atoms with van der Waals surface area (Å²) in [5.74, 6) is -0.206. The maximum Gasteiger partial charge on any atom is 0.270 e. The normalized spacial score (nSPS) is 10.7. The number of nitrogens with zero attached hydrogens (tertiary/aromatic N) is 1. The third-order valence-electron chi connectivity index (χ3n) is 3.64. The van der Waals surface area contributed by atoms with Gasteiger partial charge in [0.25, 0.3) is 5.69 Å². The van der Waals surface area contributed by atoms with Crippen molar-refractivity contribution in [2.24, 2.45) is 5.73 Å². The number of hydrogen-bond donors (Lipinski definition) is 2. The Hall–Kier alpha value is -1.37. The van der Waals surface area contributed by atoms with E-state index in [1.165, 1.54) is 18.2 Å². The Labute approximate surface area is 141 Å². The largest absolute Gasteiger partial charge is 0.354 e. The van der Waals surface area contributed by atoms with Crippen molar-refractivity contribution in [1.29, 1.82) is 0 Å². The summed E-state index contributed by atoms with van der Waals surface area (Å²) < 4.78 is 0. The maximum absolute atomic E-state index is 11.9. The van der Waals surface area contributed by atoms with Crippen LogP contribution >= 0.6 is 24.0 Å². The molecule has 1 amide bonds. The Morgan fingerprint density at radius 2 is 2.00 bits per heavy atom. The zero-order valence-electron chi connectivity index (χ0n) is 12.6. The fraction of sp³-hybridized carbons (Fsp3) is 0.500. The van der Waals surface area contributed by atoms with E-state index in [1.54, 1.807) is 0 Å². The van der Waals surface area contributed by atoms with Crippen LogP contribution in [0.1, 0.15) is 32.3 Å². The number of nitro benzene ring substituents is 1. The van der Waals surface area contributed by atoms with Crippen LogP contribution in [0.2, 0.25) is 5.02 Å². The number of carbonyl (C=O) groups excluding carboxylic acids is 1. The summed E-state index contributed by atoms with van der Waals surface area (Å²) in [5, 5.41) is 13.6. The molecular weight excluding hydrogens is 329 g/mol. The minimum absolute atomic E-state index is 0. The predicted molar refractivity (Wildman–Crippen MR) is 89.6 cm³/mol. The quantitative estimate of drug-likeness (QED) is 0.583. The molecule has 3 N–H and O–H groups in total. The van der Waals surface area contributed by atoms with Gasteiger partial charge in [0.1, 0.15) is 0 Å². The van der Waals surface area contributed by atoms with Gasteiger partial charge in [0.15, 0.2) is 0 Å². The van der Waals surface area contributed by atoms with Crippen molar-refractivity contribution in [2.75, 3.05) is 6.54 Å². The van der Waals surface area contributed by atoms with Crippen molar-refractivity contribution in [3.05, 3.63) is 38.9 Å². The van der Waals surface area contributed by atoms with E-state index in [1.807, 2.05) is 13.8 Å². The van der Waals surface area contributed by atoms with Gasteiger partial charge in [-0.1, -0.05) is 31.5 Å². The van der Waals surface area contributed by atoms with Gasteiger partial charge in [-0.05, 0) is 18.4 Å². The molecule has 0 aliphatic carbocycles. The van der Waals surface area contributed by atoms with Crippen molar-refractivity contribution in [1.82, 2.24) is 5.32 Å². The van der Waals surface area contributed by atoms with Crippen LogP contribution in [0.4, 0.5) is 5.69 Å². The van der Waals surface area contributed by atoms with Gasteiger partial charge in [-0.15, -0.1) is 12.4 Å². The Balaban J connectivity index is 0.00000441. The molecule has 0 heterocycles. The van der Waals surface area contributed by atoms with Crippen LogP contribution in [0, 0.1) is 10.1 Å². The second-order valence-corrected chi connectivity index (χ2v) is 5.46. The first-order valence-corrected chi connectivity index (χ1v) is 7.17. The summed E-state index contributed by atoms with van der Waals surface area (Å²) in [5.41, 5.74) is 6.15. The molecule has 6 nitrogen and oxygen atoms in total. The van der Waals surface area contributed by atoms with Crippen LogP contribution in [-0.2, 0) is 11.2 Å². The second kappa shape index (κ2) is 8.92. The highest BCUT2D eigenvalue weighted by molar-refractivity contribution is 6.31. The lowest BCUT2D eigenvalue weighted by molar-refractivity contribution is -0.384. The van der Waals surface area contributed by atoms with Crippen molar-refractivity contribution >= 4 is 35.6 Å². The molecule has 0 aliphatic heterocycles. The van der Waals surface area contributed by atoms with Gasteiger partial charge in [0.2, 0.25) is 5.91 Å². The van der Waals surface area contributed by atoms with Gasteiger partial charge >= 0.3 is 0 Å². The van der Waals surface area contributed by atoms with Crippen molar-refractivity contribution in [3.8, 4) is 0 Å². The number of benzene rings is 1. The molecule has 0 spiro atoms. The number of non-ortho nitro benzene ring substituents is 1. The van der Waals surface area contributed by atoms with Crippen LogP contribution in [-0.4, -0.2) is 22.9 Å². The van der Waals surface area contributed by atoms with Crippen molar-refractivity contribution in [3.63, 3.8) is 0 Å². The van der Waals surface area contributed by atoms with Crippen LogP contribution in [0.3, 0.4) is 0 Å². The number of amides is 1. The fourth-order valence-corrected chi connectivity index (χ4v) is 2.04. The number of halogens is 2. The van der Waals surface area contributed by atoms with Gasteiger partial charge in [0.05, 0.1) is 16.4 Å². The molecule has 0 aliphatic rings. The summed E-state index contributed by atoms with van der Waals surface area (Å²) in [7, 11) is 0. The number of nitrogens with one attached hydrogen (secondary N) is 1. The van der Waals surface area contributed by atoms with Crippen molar-refractivity contribution in [2.45, 2.75) is 38.6 Å². The zero-order chi connectivity index (χ0) is 16.0. The van der Waals surface area contributed by atoms with Gasteiger partial charge in [-0.3, -0.25) is 14.9 Å². The van der Waals surface area contributed by atoms with E-state index in [0.717, 1.165) is 12.8 Å². The van der Waals surface area contributed by atoms with E-state index in [2.05, 4.69) is 5.32 Å². The first-order valence-electron chi connectivity index (χ1n) is 6.79. The smallest absolute Gasteiger partial charge is 0.270 e. The molecule has 0 saturated carbocycles. The molecule has 0 fully saturated rings. The lowest BCUT2D eigenvalue weighted by atomic mass is 9.94. The van der Waals surface area contributed by atoms with Gasteiger partial charge in [-0.2, -0.15) is 0 Å². The highest BCUT2D eigenvalue weighted by Crippen LogP contribution is 2.22.